The predicted octanol–water partition coefficient (Wildman–Crippen LogP) is 4.30. The summed E-state index contributed by atoms with van der Waals surface area (Å²) < 4.78 is 1.87. The van der Waals surface area contributed by atoms with Crippen molar-refractivity contribution in [3.63, 3.8) is 0 Å². The Morgan fingerprint density at radius 2 is 1.88 bits per heavy atom. The second-order valence-corrected chi connectivity index (χ2v) is 6.23. The number of anilines is 1. The highest BCUT2D eigenvalue weighted by atomic mass is 35.5. The number of nitrogens with one attached hydrogen (secondary N) is 2. The molecule has 0 aliphatic carbocycles. The number of nitrogens with zero attached hydrogens (tertiary/aromatic N) is 2. The van der Waals surface area contributed by atoms with E-state index in [2.05, 4.69) is 16.0 Å². The van der Waals surface area contributed by atoms with E-state index in [4.69, 9.17) is 11.6 Å². The summed E-state index contributed by atoms with van der Waals surface area (Å²) in [4.78, 5) is 12.1. The summed E-state index contributed by atoms with van der Waals surface area (Å²) in [5.74, 6) is -0.267. The number of hydrogen-bond acceptors (Lipinski definition) is 3. The van der Waals surface area contributed by atoms with Crippen molar-refractivity contribution in [2.45, 2.75) is 13.8 Å². The largest absolute Gasteiger partial charge is 0.298 e. The molecule has 1 heterocycles. The van der Waals surface area contributed by atoms with Gasteiger partial charge in [0.05, 0.1) is 17.1 Å². The normalized spacial score (nSPS) is 10.9. The van der Waals surface area contributed by atoms with Crippen LogP contribution in [0.3, 0.4) is 0 Å². The molecule has 0 saturated heterocycles. The van der Waals surface area contributed by atoms with Crippen molar-refractivity contribution < 1.29 is 4.79 Å². The van der Waals surface area contributed by atoms with Gasteiger partial charge < -0.3 is 0 Å². The van der Waals surface area contributed by atoms with Gasteiger partial charge in [-0.3, -0.25) is 15.6 Å². The number of aryl methyl sites for hydroxylation is 1. The van der Waals surface area contributed by atoms with Crippen molar-refractivity contribution in [3.8, 4) is 5.69 Å². The number of aromatic nitrogens is 2. The van der Waals surface area contributed by atoms with E-state index in [1.807, 2.05) is 54.9 Å². The van der Waals surface area contributed by atoms with E-state index in [-0.39, 0.29) is 5.91 Å². The molecule has 5 nitrogen and oxygen atoms in total. The summed E-state index contributed by atoms with van der Waals surface area (Å²) in [6.07, 6.45) is 3.25. The maximum atomic E-state index is 12.1. The van der Waals surface area contributed by atoms with Crippen LogP contribution < -0.4 is 10.9 Å². The lowest BCUT2D eigenvalue weighted by atomic mass is 10.2. The van der Waals surface area contributed by atoms with Gasteiger partial charge in [-0.25, -0.2) is 4.68 Å². The van der Waals surface area contributed by atoms with Gasteiger partial charge in [0.15, 0.2) is 0 Å². The smallest absolute Gasteiger partial charge is 0.262 e. The summed E-state index contributed by atoms with van der Waals surface area (Å²) in [5, 5.41) is 5.16. The summed E-state index contributed by atoms with van der Waals surface area (Å²) in [6.45, 7) is 3.91. The molecule has 0 radical (unpaired) electrons. The molecule has 26 heavy (non-hydrogen) atoms. The van der Waals surface area contributed by atoms with Gasteiger partial charge in [0, 0.05) is 22.4 Å². The molecule has 2 aromatic carbocycles. The quantitative estimate of drug-likeness (QED) is 0.523. The number of amides is 1. The summed E-state index contributed by atoms with van der Waals surface area (Å²) in [6, 6.07) is 17.0. The van der Waals surface area contributed by atoms with Crippen LogP contribution in [0.4, 0.5) is 5.69 Å². The molecule has 0 fully saturated rings. The molecule has 0 aliphatic heterocycles. The molecule has 2 N–H and O–H groups in total. The summed E-state index contributed by atoms with van der Waals surface area (Å²) in [7, 11) is 0. The predicted molar refractivity (Wildman–Crippen MR) is 105 cm³/mol. The third kappa shape index (κ3) is 4.13. The Morgan fingerprint density at radius 1 is 1.12 bits per heavy atom. The van der Waals surface area contributed by atoms with E-state index in [1.165, 1.54) is 6.08 Å². The van der Waals surface area contributed by atoms with Gasteiger partial charge in [-0.05, 0) is 50.3 Å². The highest BCUT2D eigenvalue weighted by Gasteiger charge is 2.10. The van der Waals surface area contributed by atoms with E-state index in [1.54, 1.807) is 24.3 Å². The van der Waals surface area contributed by atoms with Crippen molar-refractivity contribution in [2.75, 3.05) is 5.43 Å². The van der Waals surface area contributed by atoms with Crippen molar-refractivity contribution >= 4 is 29.3 Å². The van der Waals surface area contributed by atoms with Crippen LogP contribution >= 0.6 is 11.6 Å². The van der Waals surface area contributed by atoms with E-state index in [0.29, 0.717) is 10.7 Å². The van der Waals surface area contributed by atoms with Crippen molar-refractivity contribution in [1.29, 1.82) is 0 Å². The van der Waals surface area contributed by atoms with Crippen LogP contribution in [0, 0.1) is 13.8 Å². The van der Waals surface area contributed by atoms with Gasteiger partial charge in [-0.2, -0.15) is 5.10 Å². The Balaban J connectivity index is 1.70. The Bertz CT molecular complexity index is 948. The molecule has 0 aliphatic rings. The van der Waals surface area contributed by atoms with Crippen LogP contribution in [0.1, 0.15) is 17.0 Å². The molecular formula is C20H19ClN4O. The lowest BCUT2D eigenvalue weighted by molar-refractivity contribution is -0.115. The number of para-hydroxylation sites is 1. The molecular weight excluding hydrogens is 348 g/mol. The average molecular weight is 367 g/mol. The third-order valence-corrected chi connectivity index (χ3v) is 4.14. The molecule has 1 aromatic heterocycles. The van der Waals surface area contributed by atoms with Gasteiger partial charge >= 0.3 is 0 Å². The number of rotatable bonds is 5. The SMILES string of the molecule is Cc1nn(-c2ccccc2)c(C)c1C=CC(=O)NNc1cccc(Cl)c1. The minimum Gasteiger partial charge on any atom is -0.298 e. The molecule has 3 aromatic rings. The molecule has 3 rings (SSSR count). The lowest BCUT2D eigenvalue weighted by Gasteiger charge is -2.06. The Morgan fingerprint density at radius 3 is 2.62 bits per heavy atom. The molecule has 0 saturated carbocycles. The van der Waals surface area contributed by atoms with Crippen LogP contribution in [0.5, 0.6) is 0 Å². The molecule has 0 unspecified atom stereocenters. The number of hydrazine groups is 1. The molecule has 6 heteroatoms. The molecule has 0 spiro atoms. The first kappa shape index (κ1) is 17.8. The zero-order valence-electron chi connectivity index (χ0n) is 14.5. The minimum absolute atomic E-state index is 0.267. The van der Waals surface area contributed by atoms with Crippen molar-refractivity contribution in [1.82, 2.24) is 15.2 Å². The van der Waals surface area contributed by atoms with Gasteiger partial charge in [0.1, 0.15) is 0 Å². The van der Waals surface area contributed by atoms with Crippen molar-refractivity contribution in [3.05, 3.63) is 82.6 Å². The Labute approximate surface area is 157 Å². The standard InChI is InChI=1S/C20H19ClN4O/c1-14-19(15(2)25(24-14)18-9-4-3-5-10-18)11-12-20(26)23-22-17-8-6-7-16(21)13-17/h3-13,22H,1-2H3,(H,23,26). The van der Waals surface area contributed by atoms with Crippen LogP contribution in [0.15, 0.2) is 60.7 Å². The van der Waals surface area contributed by atoms with Crippen molar-refractivity contribution in [2.24, 2.45) is 0 Å². The van der Waals surface area contributed by atoms with Gasteiger partial charge in [-0.1, -0.05) is 35.9 Å². The fourth-order valence-electron chi connectivity index (χ4n) is 2.62. The second-order valence-electron chi connectivity index (χ2n) is 5.79. The first-order valence-corrected chi connectivity index (χ1v) is 8.53. The van der Waals surface area contributed by atoms with Gasteiger partial charge in [0.2, 0.25) is 0 Å². The number of carbonyl (C=O) groups excluding carboxylic acids is 1. The highest BCUT2D eigenvalue weighted by molar-refractivity contribution is 6.30. The van der Waals surface area contributed by atoms with Gasteiger partial charge in [0.25, 0.3) is 5.91 Å². The minimum atomic E-state index is -0.267. The number of hydrogen-bond donors (Lipinski definition) is 2. The number of halogens is 1. The zero-order valence-corrected chi connectivity index (χ0v) is 15.3. The molecule has 1 amide bonds. The zero-order chi connectivity index (χ0) is 18.5. The second kappa shape index (κ2) is 7.89. The van der Waals surface area contributed by atoms with Crippen LogP contribution in [-0.4, -0.2) is 15.7 Å². The fourth-order valence-corrected chi connectivity index (χ4v) is 2.81. The first-order valence-electron chi connectivity index (χ1n) is 8.16. The van der Waals surface area contributed by atoms with E-state index >= 15 is 0 Å². The van der Waals surface area contributed by atoms with E-state index < -0.39 is 0 Å². The Hall–Kier alpha value is -3.05. The molecule has 0 atom stereocenters. The fraction of sp³-hybridized carbons (Fsp3) is 0.100. The summed E-state index contributed by atoms with van der Waals surface area (Å²) >= 11 is 5.91. The Kier molecular flexibility index (Phi) is 5.39. The van der Waals surface area contributed by atoms with Crippen LogP contribution in [-0.2, 0) is 4.79 Å². The lowest BCUT2D eigenvalue weighted by Crippen LogP contribution is -2.27. The average Bonchev–Trinajstić information content (AvgIpc) is 2.93. The molecule has 132 valence electrons. The third-order valence-electron chi connectivity index (χ3n) is 3.90. The van der Waals surface area contributed by atoms with Crippen LogP contribution in [0.2, 0.25) is 5.02 Å². The first-order chi connectivity index (χ1) is 12.5. The monoisotopic (exact) mass is 366 g/mol. The maximum Gasteiger partial charge on any atom is 0.262 e. The van der Waals surface area contributed by atoms with Gasteiger partial charge in [-0.15, -0.1) is 0 Å². The van der Waals surface area contributed by atoms with Crippen LogP contribution in [0.25, 0.3) is 11.8 Å². The van der Waals surface area contributed by atoms with E-state index in [0.717, 1.165) is 22.6 Å². The molecule has 0 bridgehead atoms. The maximum absolute atomic E-state index is 12.1. The topological polar surface area (TPSA) is 59.0 Å². The summed E-state index contributed by atoms with van der Waals surface area (Å²) in [5.41, 5.74) is 9.89. The number of carbonyl (C=O) groups is 1. The highest BCUT2D eigenvalue weighted by Crippen LogP contribution is 2.19. The van der Waals surface area contributed by atoms with E-state index in [9.17, 15) is 4.79 Å². The number of benzene rings is 2.